The minimum Gasteiger partial charge on any atom is -0.372 e. The van der Waals surface area contributed by atoms with Gasteiger partial charge in [0.25, 0.3) is 11.5 Å². The van der Waals surface area contributed by atoms with Crippen LogP contribution in [0.1, 0.15) is 36.7 Å². The standard InChI is InChI=1S/C29H32F5N7O3/c1-15-11-39(6-5-38(15)4)22-8-21(30)24(18-9-36-28(37-10-18)40-12-16(2)44-17(3)13-40)25(31)26(22)41-14-19(27(35)43)20(7-23(41)42)29(32,33)34/h7-10,14-17H,5-6,11-13H2,1-4H3,(H2,35,43)/t15-,16+,17+/m0/s1. The highest BCUT2D eigenvalue weighted by Crippen LogP contribution is 2.38. The highest BCUT2D eigenvalue weighted by molar-refractivity contribution is 5.94. The van der Waals surface area contributed by atoms with Gasteiger partial charge in [0.2, 0.25) is 5.95 Å². The average Bonchev–Trinajstić information content (AvgIpc) is 2.93. The number of carbonyl (C=O) groups excluding carboxylic acids is 1. The molecule has 2 fully saturated rings. The normalized spacial score (nSPS) is 21.5. The summed E-state index contributed by atoms with van der Waals surface area (Å²) in [4.78, 5) is 39.4. The molecule has 0 bridgehead atoms. The zero-order valence-corrected chi connectivity index (χ0v) is 24.5. The first-order chi connectivity index (χ1) is 20.6. The quantitative estimate of drug-likeness (QED) is 0.432. The number of primary amides is 1. The fourth-order valence-electron chi connectivity index (χ4n) is 5.69. The molecular weight excluding hydrogens is 589 g/mol. The number of carbonyl (C=O) groups is 1. The summed E-state index contributed by atoms with van der Waals surface area (Å²) in [5.74, 6) is -3.38. The van der Waals surface area contributed by atoms with Crippen LogP contribution >= 0.6 is 0 Å². The van der Waals surface area contributed by atoms with Crippen molar-refractivity contribution in [3.05, 3.63) is 63.8 Å². The summed E-state index contributed by atoms with van der Waals surface area (Å²) in [6, 6.07) is 1.15. The van der Waals surface area contributed by atoms with Gasteiger partial charge in [-0.25, -0.2) is 18.7 Å². The molecule has 0 radical (unpaired) electrons. The predicted molar refractivity (Wildman–Crippen MR) is 153 cm³/mol. The highest BCUT2D eigenvalue weighted by Gasteiger charge is 2.37. The smallest absolute Gasteiger partial charge is 0.372 e. The van der Waals surface area contributed by atoms with Crippen LogP contribution in [0.3, 0.4) is 0 Å². The number of amides is 1. The summed E-state index contributed by atoms with van der Waals surface area (Å²) in [6.45, 7) is 7.83. The van der Waals surface area contributed by atoms with Crippen molar-refractivity contribution in [2.75, 3.05) is 49.6 Å². The Labute approximate surface area is 249 Å². The molecule has 236 valence electrons. The van der Waals surface area contributed by atoms with Crippen LogP contribution in [0.5, 0.6) is 0 Å². The first-order valence-electron chi connectivity index (χ1n) is 14.0. The van der Waals surface area contributed by atoms with Crippen LogP contribution in [-0.2, 0) is 10.9 Å². The molecule has 10 nitrogen and oxygen atoms in total. The maximum atomic E-state index is 16.6. The van der Waals surface area contributed by atoms with E-state index in [-0.39, 0.29) is 35.6 Å². The molecule has 0 unspecified atom stereocenters. The van der Waals surface area contributed by atoms with E-state index in [1.807, 2.05) is 37.6 Å². The van der Waals surface area contributed by atoms with Gasteiger partial charge in [0, 0.05) is 75.1 Å². The molecular formula is C29H32F5N7O3. The third kappa shape index (κ3) is 5.98. The van der Waals surface area contributed by atoms with Gasteiger partial charge in [0.15, 0.2) is 5.82 Å². The van der Waals surface area contributed by atoms with Crippen molar-refractivity contribution in [3.8, 4) is 16.8 Å². The number of anilines is 2. The predicted octanol–water partition coefficient (Wildman–Crippen LogP) is 3.44. The van der Waals surface area contributed by atoms with Crippen molar-refractivity contribution >= 4 is 17.5 Å². The number of hydrogen-bond acceptors (Lipinski definition) is 8. The van der Waals surface area contributed by atoms with Crippen LogP contribution in [-0.4, -0.2) is 83.4 Å². The Bertz CT molecular complexity index is 1620. The lowest BCUT2D eigenvalue weighted by Gasteiger charge is -2.40. The Kier molecular flexibility index (Phi) is 8.37. The molecule has 4 heterocycles. The molecule has 2 aliphatic rings. The van der Waals surface area contributed by atoms with E-state index in [2.05, 4.69) is 9.97 Å². The summed E-state index contributed by atoms with van der Waals surface area (Å²) < 4.78 is 79.8. The van der Waals surface area contributed by atoms with Crippen molar-refractivity contribution in [1.82, 2.24) is 19.4 Å². The molecule has 1 amide bonds. The molecule has 0 spiro atoms. The fourth-order valence-corrected chi connectivity index (χ4v) is 5.69. The minimum atomic E-state index is -5.08. The van der Waals surface area contributed by atoms with Crippen molar-refractivity contribution in [2.24, 2.45) is 5.73 Å². The summed E-state index contributed by atoms with van der Waals surface area (Å²) in [6.07, 6.45) is -2.23. The second-order valence-corrected chi connectivity index (χ2v) is 11.3. The van der Waals surface area contributed by atoms with E-state index in [0.717, 1.165) is 6.07 Å². The SMILES string of the molecule is C[C@@H]1CN(c2ncc(-c3c(F)cc(N4CCN(C)[C@@H](C)C4)c(-n4cc(C(N)=O)c(C(F)(F)F)cc4=O)c3F)cn2)C[C@@H](C)O1. The zero-order chi connectivity index (χ0) is 32.1. The second kappa shape index (κ2) is 11.8. The number of nitrogens with two attached hydrogens (primary N) is 1. The molecule has 0 aliphatic carbocycles. The molecule has 0 saturated carbocycles. The van der Waals surface area contributed by atoms with Gasteiger partial charge in [-0.3, -0.25) is 14.2 Å². The van der Waals surface area contributed by atoms with E-state index in [9.17, 15) is 22.8 Å². The van der Waals surface area contributed by atoms with Gasteiger partial charge in [-0.15, -0.1) is 0 Å². The maximum Gasteiger partial charge on any atom is 0.417 e. The monoisotopic (exact) mass is 621 g/mol. The Balaban J connectivity index is 1.69. The van der Waals surface area contributed by atoms with Crippen LogP contribution in [0.2, 0.25) is 0 Å². The molecule has 2 N–H and O–H groups in total. The molecule has 1 aromatic carbocycles. The number of rotatable bonds is 5. The third-order valence-electron chi connectivity index (χ3n) is 7.97. The van der Waals surface area contributed by atoms with E-state index < -0.39 is 51.7 Å². The van der Waals surface area contributed by atoms with Gasteiger partial charge in [-0.1, -0.05) is 0 Å². The van der Waals surface area contributed by atoms with Gasteiger partial charge in [-0.2, -0.15) is 13.2 Å². The van der Waals surface area contributed by atoms with Gasteiger partial charge in [0.05, 0.1) is 34.6 Å². The second-order valence-electron chi connectivity index (χ2n) is 11.3. The number of likely N-dealkylation sites (N-methyl/N-ethyl adjacent to an activating group) is 1. The molecule has 2 saturated heterocycles. The lowest BCUT2D eigenvalue weighted by molar-refractivity contribution is -0.138. The van der Waals surface area contributed by atoms with E-state index in [4.69, 9.17) is 10.5 Å². The summed E-state index contributed by atoms with van der Waals surface area (Å²) >= 11 is 0. The average molecular weight is 622 g/mol. The minimum absolute atomic E-state index is 0.0560. The number of ether oxygens (including phenoxy) is 1. The number of benzene rings is 1. The molecule has 2 aliphatic heterocycles. The number of pyridine rings is 1. The summed E-state index contributed by atoms with van der Waals surface area (Å²) in [5.41, 5.74) is 0.108. The molecule has 5 rings (SSSR count). The Hall–Kier alpha value is -4.11. The van der Waals surface area contributed by atoms with Crippen LogP contribution in [0.4, 0.5) is 33.6 Å². The van der Waals surface area contributed by atoms with E-state index >= 15 is 8.78 Å². The van der Waals surface area contributed by atoms with Gasteiger partial charge < -0.3 is 25.2 Å². The van der Waals surface area contributed by atoms with Crippen molar-refractivity contribution in [3.63, 3.8) is 0 Å². The van der Waals surface area contributed by atoms with Gasteiger partial charge >= 0.3 is 6.18 Å². The number of halogens is 5. The highest BCUT2D eigenvalue weighted by atomic mass is 19.4. The van der Waals surface area contributed by atoms with Crippen LogP contribution in [0.25, 0.3) is 16.8 Å². The maximum absolute atomic E-state index is 16.6. The number of alkyl halides is 3. The Morgan fingerprint density at radius 2 is 1.64 bits per heavy atom. The van der Waals surface area contributed by atoms with Crippen molar-refractivity contribution in [2.45, 2.75) is 45.2 Å². The van der Waals surface area contributed by atoms with E-state index in [1.54, 1.807) is 4.90 Å². The van der Waals surface area contributed by atoms with Gasteiger partial charge in [0.1, 0.15) is 11.5 Å². The first kappa shape index (κ1) is 31.3. The summed E-state index contributed by atoms with van der Waals surface area (Å²) in [7, 11) is 1.88. The van der Waals surface area contributed by atoms with Crippen molar-refractivity contribution in [1.29, 1.82) is 0 Å². The van der Waals surface area contributed by atoms with Crippen LogP contribution < -0.4 is 21.1 Å². The number of hydrogen-bond donors (Lipinski definition) is 1. The third-order valence-corrected chi connectivity index (χ3v) is 7.97. The first-order valence-corrected chi connectivity index (χ1v) is 14.0. The zero-order valence-electron chi connectivity index (χ0n) is 24.5. The lowest BCUT2D eigenvalue weighted by atomic mass is 10.0. The fraction of sp³-hybridized carbons (Fsp3) is 0.448. The topological polar surface area (TPSA) is 110 Å². The number of nitrogens with zero attached hydrogens (tertiary/aromatic N) is 6. The number of aromatic nitrogens is 3. The van der Waals surface area contributed by atoms with Crippen molar-refractivity contribution < 1.29 is 31.5 Å². The van der Waals surface area contributed by atoms with Crippen LogP contribution in [0, 0.1) is 11.6 Å². The van der Waals surface area contributed by atoms with E-state index in [1.165, 1.54) is 12.4 Å². The molecule has 44 heavy (non-hydrogen) atoms. The molecule has 3 atom stereocenters. The van der Waals surface area contributed by atoms with Gasteiger partial charge in [-0.05, 0) is 27.8 Å². The number of morpholine rings is 1. The van der Waals surface area contributed by atoms with E-state index in [0.29, 0.717) is 49.4 Å². The molecule has 3 aromatic rings. The van der Waals surface area contributed by atoms with Crippen LogP contribution in [0.15, 0.2) is 35.5 Å². The number of piperazine rings is 1. The molecule has 15 heteroatoms. The lowest BCUT2D eigenvalue weighted by Crippen LogP contribution is -2.50. The Morgan fingerprint density at radius 1 is 1.00 bits per heavy atom. The summed E-state index contributed by atoms with van der Waals surface area (Å²) in [5, 5.41) is 0. The molecule has 2 aromatic heterocycles. The Morgan fingerprint density at radius 3 is 2.20 bits per heavy atom. The largest absolute Gasteiger partial charge is 0.417 e.